The molecule has 2 heterocycles. The van der Waals surface area contributed by atoms with E-state index in [9.17, 15) is 9.59 Å². The molecule has 0 aromatic heterocycles. The van der Waals surface area contributed by atoms with E-state index < -0.39 is 0 Å². The van der Waals surface area contributed by atoms with Crippen LogP contribution in [0.3, 0.4) is 0 Å². The van der Waals surface area contributed by atoms with Crippen LogP contribution in [0, 0.1) is 0 Å². The standard InChI is InChI=1S/C19H27N3O4/c1-14-13-25-9-7-22(14)19(24)21-11-15-4-2-5-16(10-15)18(23)20-12-17-6-3-8-26-17/h2,4-5,10,14,17H,3,6-9,11-13H2,1H3,(H,20,23)(H,21,24)/t14-,17?/m1/s1. The van der Waals surface area contributed by atoms with E-state index in [1.807, 2.05) is 25.1 Å². The van der Waals surface area contributed by atoms with Gasteiger partial charge in [0.25, 0.3) is 5.91 Å². The van der Waals surface area contributed by atoms with Gasteiger partial charge < -0.3 is 25.0 Å². The first-order chi connectivity index (χ1) is 12.6. The van der Waals surface area contributed by atoms with Crippen LogP contribution in [0.4, 0.5) is 4.79 Å². The van der Waals surface area contributed by atoms with Crippen LogP contribution >= 0.6 is 0 Å². The second-order valence-electron chi connectivity index (χ2n) is 6.82. The van der Waals surface area contributed by atoms with Crippen LogP contribution in [-0.2, 0) is 16.0 Å². The molecule has 142 valence electrons. The van der Waals surface area contributed by atoms with E-state index in [0.717, 1.165) is 25.0 Å². The average molecular weight is 361 g/mol. The van der Waals surface area contributed by atoms with E-state index in [2.05, 4.69) is 10.6 Å². The largest absolute Gasteiger partial charge is 0.377 e. The van der Waals surface area contributed by atoms with Crippen LogP contribution in [0.2, 0.25) is 0 Å². The lowest BCUT2D eigenvalue weighted by Gasteiger charge is -2.33. The molecule has 7 nitrogen and oxygen atoms in total. The van der Waals surface area contributed by atoms with E-state index in [4.69, 9.17) is 9.47 Å². The molecule has 1 unspecified atom stereocenters. The molecule has 2 aliphatic rings. The van der Waals surface area contributed by atoms with Crippen LogP contribution in [0.25, 0.3) is 0 Å². The number of benzene rings is 1. The molecule has 1 aromatic carbocycles. The first-order valence-electron chi connectivity index (χ1n) is 9.24. The minimum absolute atomic E-state index is 0.0682. The summed E-state index contributed by atoms with van der Waals surface area (Å²) in [5, 5.41) is 5.84. The third-order valence-corrected chi connectivity index (χ3v) is 4.78. The van der Waals surface area contributed by atoms with Crippen molar-refractivity contribution < 1.29 is 19.1 Å². The molecule has 0 aliphatic carbocycles. The highest BCUT2D eigenvalue weighted by atomic mass is 16.5. The summed E-state index contributed by atoms with van der Waals surface area (Å²) in [7, 11) is 0. The van der Waals surface area contributed by atoms with Crippen molar-refractivity contribution >= 4 is 11.9 Å². The number of hydrogen-bond acceptors (Lipinski definition) is 4. The Morgan fingerprint density at radius 1 is 1.27 bits per heavy atom. The van der Waals surface area contributed by atoms with Gasteiger partial charge in [-0.3, -0.25) is 4.79 Å². The maximum absolute atomic E-state index is 12.3. The fourth-order valence-electron chi connectivity index (χ4n) is 3.24. The average Bonchev–Trinajstić information content (AvgIpc) is 3.18. The molecule has 7 heteroatoms. The Kier molecular flexibility index (Phi) is 6.46. The van der Waals surface area contributed by atoms with Crippen molar-refractivity contribution in [3.63, 3.8) is 0 Å². The third kappa shape index (κ3) is 4.95. The number of nitrogens with zero attached hydrogens (tertiary/aromatic N) is 1. The van der Waals surface area contributed by atoms with Crippen molar-refractivity contribution in [3.8, 4) is 0 Å². The van der Waals surface area contributed by atoms with Crippen molar-refractivity contribution in [1.82, 2.24) is 15.5 Å². The minimum Gasteiger partial charge on any atom is -0.377 e. The molecule has 26 heavy (non-hydrogen) atoms. The monoisotopic (exact) mass is 361 g/mol. The number of urea groups is 1. The Bertz CT molecular complexity index is 631. The van der Waals surface area contributed by atoms with Crippen molar-refractivity contribution in [2.75, 3.05) is 32.9 Å². The summed E-state index contributed by atoms with van der Waals surface area (Å²) in [4.78, 5) is 26.4. The lowest BCUT2D eigenvalue weighted by atomic mass is 10.1. The predicted molar refractivity (Wildman–Crippen MR) is 97.0 cm³/mol. The first-order valence-corrected chi connectivity index (χ1v) is 9.24. The highest BCUT2D eigenvalue weighted by molar-refractivity contribution is 5.94. The summed E-state index contributed by atoms with van der Waals surface area (Å²) >= 11 is 0. The fraction of sp³-hybridized carbons (Fsp3) is 0.579. The summed E-state index contributed by atoms with van der Waals surface area (Å²) in [5.74, 6) is -0.115. The fourth-order valence-corrected chi connectivity index (χ4v) is 3.24. The molecule has 3 amide bonds. The highest BCUT2D eigenvalue weighted by Gasteiger charge is 2.23. The first kappa shape index (κ1) is 18.7. The molecule has 2 N–H and O–H groups in total. The predicted octanol–water partition coefficient (Wildman–Crippen LogP) is 1.53. The molecule has 0 saturated carbocycles. The summed E-state index contributed by atoms with van der Waals surface area (Å²) in [6.45, 7) is 5.39. The van der Waals surface area contributed by atoms with Gasteiger partial charge in [0.05, 0.1) is 25.4 Å². The van der Waals surface area contributed by atoms with Gasteiger partial charge in [-0.05, 0) is 37.5 Å². The van der Waals surface area contributed by atoms with E-state index in [0.29, 0.717) is 38.4 Å². The van der Waals surface area contributed by atoms with Gasteiger partial charge in [-0.15, -0.1) is 0 Å². The van der Waals surface area contributed by atoms with E-state index in [-0.39, 0.29) is 24.1 Å². The van der Waals surface area contributed by atoms with Crippen LogP contribution in [0.15, 0.2) is 24.3 Å². The SMILES string of the molecule is C[C@@H]1COCCN1C(=O)NCc1cccc(C(=O)NCC2CCCO2)c1. The number of nitrogens with one attached hydrogen (secondary N) is 2. The number of hydrogen-bond donors (Lipinski definition) is 2. The Hall–Kier alpha value is -2.12. The molecule has 0 bridgehead atoms. The van der Waals surface area contributed by atoms with Gasteiger partial charge in [-0.1, -0.05) is 12.1 Å². The molecule has 2 atom stereocenters. The molecule has 3 rings (SSSR count). The maximum atomic E-state index is 12.3. The normalized spacial score (nSPS) is 22.9. The molecule has 0 spiro atoms. The van der Waals surface area contributed by atoms with Crippen LogP contribution in [0.5, 0.6) is 0 Å². The number of ether oxygens (including phenoxy) is 2. The molecule has 1 aromatic rings. The topological polar surface area (TPSA) is 79.9 Å². The zero-order chi connectivity index (χ0) is 18.4. The van der Waals surface area contributed by atoms with Crippen molar-refractivity contribution in [1.29, 1.82) is 0 Å². The van der Waals surface area contributed by atoms with Crippen molar-refractivity contribution in [2.45, 2.75) is 38.5 Å². The van der Waals surface area contributed by atoms with Crippen molar-refractivity contribution in [2.24, 2.45) is 0 Å². The third-order valence-electron chi connectivity index (χ3n) is 4.78. The maximum Gasteiger partial charge on any atom is 0.318 e. The smallest absolute Gasteiger partial charge is 0.318 e. The molecule has 2 aliphatic heterocycles. The zero-order valence-corrected chi connectivity index (χ0v) is 15.2. The number of morpholine rings is 1. The van der Waals surface area contributed by atoms with Gasteiger partial charge in [0.1, 0.15) is 0 Å². The van der Waals surface area contributed by atoms with E-state index in [1.54, 1.807) is 11.0 Å². The second-order valence-corrected chi connectivity index (χ2v) is 6.82. The highest BCUT2D eigenvalue weighted by Crippen LogP contribution is 2.12. The Morgan fingerprint density at radius 2 is 2.15 bits per heavy atom. The van der Waals surface area contributed by atoms with Gasteiger partial charge in [-0.25, -0.2) is 4.79 Å². The zero-order valence-electron chi connectivity index (χ0n) is 15.2. The number of carbonyl (C=O) groups is 2. The Labute approximate surface area is 154 Å². The van der Waals surface area contributed by atoms with Gasteiger partial charge in [0.2, 0.25) is 0 Å². The lowest BCUT2D eigenvalue weighted by molar-refractivity contribution is 0.0190. The Morgan fingerprint density at radius 3 is 2.92 bits per heavy atom. The van der Waals surface area contributed by atoms with Gasteiger partial charge in [-0.2, -0.15) is 0 Å². The minimum atomic E-state index is -0.115. The van der Waals surface area contributed by atoms with Crippen LogP contribution in [0.1, 0.15) is 35.7 Å². The summed E-state index contributed by atoms with van der Waals surface area (Å²) in [5.41, 5.74) is 1.48. The second kappa shape index (κ2) is 9.00. The van der Waals surface area contributed by atoms with Crippen LogP contribution < -0.4 is 10.6 Å². The summed E-state index contributed by atoms with van der Waals surface area (Å²) in [6.07, 6.45) is 2.17. The van der Waals surface area contributed by atoms with Gasteiger partial charge in [0.15, 0.2) is 0 Å². The number of carbonyl (C=O) groups excluding carboxylic acids is 2. The molecular weight excluding hydrogens is 334 g/mol. The molecule has 2 fully saturated rings. The number of rotatable bonds is 5. The van der Waals surface area contributed by atoms with E-state index >= 15 is 0 Å². The summed E-state index contributed by atoms with van der Waals surface area (Å²) in [6, 6.07) is 7.29. The van der Waals surface area contributed by atoms with E-state index in [1.165, 1.54) is 0 Å². The summed E-state index contributed by atoms with van der Waals surface area (Å²) < 4.78 is 10.9. The number of amides is 3. The quantitative estimate of drug-likeness (QED) is 0.833. The molecular formula is C19H27N3O4. The molecule has 0 radical (unpaired) electrons. The van der Waals surface area contributed by atoms with Gasteiger partial charge >= 0.3 is 6.03 Å². The van der Waals surface area contributed by atoms with Crippen molar-refractivity contribution in [3.05, 3.63) is 35.4 Å². The Balaban J connectivity index is 1.50. The van der Waals surface area contributed by atoms with Gasteiger partial charge in [0, 0.05) is 31.8 Å². The lowest BCUT2D eigenvalue weighted by Crippen LogP contribution is -2.51. The molecule has 2 saturated heterocycles. The van der Waals surface area contributed by atoms with Crippen LogP contribution in [-0.4, -0.2) is 61.9 Å².